The zero-order valence-corrected chi connectivity index (χ0v) is 15.8. The van der Waals surface area contributed by atoms with Gasteiger partial charge in [-0.2, -0.15) is 5.10 Å². The summed E-state index contributed by atoms with van der Waals surface area (Å²) in [5, 5.41) is 6.26. The Kier molecular flexibility index (Phi) is 6.93. The molecule has 7 nitrogen and oxygen atoms in total. The summed E-state index contributed by atoms with van der Waals surface area (Å²) in [6.07, 6.45) is 3.01. The number of carbonyl (C=O) groups excluding carboxylic acids is 2. The number of nitrogens with zero attached hydrogens (tertiary/aromatic N) is 2. The van der Waals surface area contributed by atoms with Crippen LogP contribution in [0.5, 0.6) is 5.75 Å². The van der Waals surface area contributed by atoms with E-state index in [0.29, 0.717) is 6.61 Å². The fourth-order valence-corrected chi connectivity index (χ4v) is 2.63. The van der Waals surface area contributed by atoms with Crippen molar-refractivity contribution < 1.29 is 14.3 Å². The highest BCUT2D eigenvalue weighted by Gasteiger charge is 2.12. The summed E-state index contributed by atoms with van der Waals surface area (Å²) in [6.45, 7) is 10.2. The van der Waals surface area contributed by atoms with Crippen LogP contribution < -0.4 is 15.5 Å². The van der Waals surface area contributed by atoms with Crippen LogP contribution in [0, 0.1) is 13.8 Å². The van der Waals surface area contributed by atoms with Crippen LogP contribution in [0.1, 0.15) is 23.9 Å². The summed E-state index contributed by atoms with van der Waals surface area (Å²) >= 11 is 0. The molecule has 27 heavy (non-hydrogen) atoms. The Balaban J connectivity index is 2.11. The van der Waals surface area contributed by atoms with Crippen LogP contribution in [0.4, 0.5) is 0 Å². The first-order valence-corrected chi connectivity index (χ1v) is 8.62. The smallest absolute Gasteiger partial charge is 0.329 e. The van der Waals surface area contributed by atoms with Gasteiger partial charge in [-0.25, -0.2) is 5.43 Å². The number of hydrazone groups is 1. The second kappa shape index (κ2) is 9.38. The number of rotatable bonds is 7. The van der Waals surface area contributed by atoms with Crippen LogP contribution in [0.25, 0.3) is 5.69 Å². The molecule has 2 N–H and O–H groups in total. The number of hydrogen-bond acceptors (Lipinski definition) is 4. The highest BCUT2D eigenvalue weighted by atomic mass is 16.5. The number of aromatic nitrogens is 1. The molecule has 7 heteroatoms. The molecule has 0 radical (unpaired) electrons. The quantitative estimate of drug-likeness (QED) is 0.340. The molecule has 0 aliphatic rings. The maximum absolute atomic E-state index is 11.6. The lowest BCUT2D eigenvalue weighted by atomic mass is 10.2. The number of hydrogen-bond donors (Lipinski definition) is 2. The summed E-state index contributed by atoms with van der Waals surface area (Å²) in [7, 11) is 0. The fourth-order valence-electron chi connectivity index (χ4n) is 2.63. The summed E-state index contributed by atoms with van der Waals surface area (Å²) < 4.78 is 7.55. The van der Waals surface area contributed by atoms with E-state index in [0.717, 1.165) is 28.4 Å². The molecule has 0 aliphatic carbocycles. The van der Waals surface area contributed by atoms with Crippen molar-refractivity contribution in [3.63, 3.8) is 0 Å². The van der Waals surface area contributed by atoms with Crippen molar-refractivity contribution in [2.45, 2.75) is 20.8 Å². The van der Waals surface area contributed by atoms with E-state index < -0.39 is 11.8 Å². The SMILES string of the molecule is C=CCNC(=O)C(=O)N/N=C\c1cc(C)n(-c2ccc(OCC)cc2)c1C. The zero-order chi connectivity index (χ0) is 19.8. The molecule has 1 aromatic carbocycles. The Morgan fingerprint density at radius 3 is 2.56 bits per heavy atom. The van der Waals surface area contributed by atoms with Gasteiger partial charge in [-0.1, -0.05) is 6.08 Å². The Hall–Kier alpha value is -3.35. The topological polar surface area (TPSA) is 84.7 Å². The molecule has 2 amide bonds. The Morgan fingerprint density at radius 1 is 1.22 bits per heavy atom. The van der Waals surface area contributed by atoms with Crippen molar-refractivity contribution in [1.82, 2.24) is 15.3 Å². The molecule has 0 fully saturated rings. The Labute approximate surface area is 158 Å². The standard InChI is InChI=1S/C20H24N4O3/c1-5-11-21-19(25)20(26)23-22-13-16-12-14(3)24(15(16)4)17-7-9-18(10-8-17)27-6-2/h5,7-10,12-13H,1,6,11H2,2-4H3,(H,21,25)(H,23,26)/b22-13-. The third kappa shape index (κ3) is 5.07. The predicted octanol–water partition coefficient (Wildman–Crippen LogP) is 2.25. The molecule has 142 valence electrons. The van der Waals surface area contributed by atoms with Crippen molar-refractivity contribution in [1.29, 1.82) is 0 Å². The molecule has 0 atom stereocenters. The molecule has 0 spiro atoms. The average Bonchev–Trinajstić information content (AvgIpc) is 2.94. The van der Waals surface area contributed by atoms with Crippen molar-refractivity contribution in [3.8, 4) is 11.4 Å². The average molecular weight is 368 g/mol. The van der Waals surface area contributed by atoms with Gasteiger partial charge in [0.15, 0.2) is 0 Å². The second-order valence-corrected chi connectivity index (χ2v) is 5.79. The fraction of sp³-hybridized carbons (Fsp3) is 0.250. The maximum atomic E-state index is 11.6. The first-order valence-electron chi connectivity index (χ1n) is 8.62. The third-order valence-electron chi connectivity index (χ3n) is 3.86. The molecular formula is C20H24N4O3. The van der Waals surface area contributed by atoms with Gasteiger partial charge in [-0.05, 0) is 51.1 Å². The zero-order valence-electron chi connectivity index (χ0n) is 15.8. The van der Waals surface area contributed by atoms with Crippen molar-refractivity contribution in [2.24, 2.45) is 5.10 Å². The van der Waals surface area contributed by atoms with Crippen molar-refractivity contribution in [2.75, 3.05) is 13.2 Å². The van der Waals surface area contributed by atoms with Gasteiger partial charge in [-0.3, -0.25) is 9.59 Å². The largest absolute Gasteiger partial charge is 0.494 e. The van der Waals surface area contributed by atoms with Crippen molar-refractivity contribution >= 4 is 18.0 Å². The molecule has 0 saturated heterocycles. The molecule has 0 unspecified atom stereocenters. The Bertz CT molecular complexity index is 851. The van der Waals surface area contributed by atoms with Crippen LogP contribution in [-0.4, -0.2) is 35.7 Å². The monoisotopic (exact) mass is 368 g/mol. The van der Waals surface area contributed by atoms with E-state index in [2.05, 4.69) is 27.0 Å². The number of benzene rings is 1. The number of nitrogens with one attached hydrogen (secondary N) is 2. The minimum Gasteiger partial charge on any atom is -0.494 e. The summed E-state index contributed by atoms with van der Waals surface area (Å²) in [5.74, 6) is -0.761. The number of ether oxygens (including phenoxy) is 1. The Morgan fingerprint density at radius 2 is 1.93 bits per heavy atom. The van der Waals surface area contributed by atoms with Gasteiger partial charge < -0.3 is 14.6 Å². The number of amides is 2. The lowest BCUT2D eigenvalue weighted by Crippen LogP contribution is -2.37. The van der Waals surface area contributed by atoms with E-state index in [1.807, 2.05) is 51.1 Å². The van der Waals surface area contributed by atoms with Gasteiger partial charge in [0.2, 0.25) is 0 Å². The minimum absolute atomic E-state index is 0.221. The van der Waals surface area contributed by atoms with Crippen LogP contribution in [0.15, 0.2) is 48.1 Å². The molecular weight excluding hydrogens is 344 g/mol. The van der Waals surface area contributed by atoms with Gasteiger partial charge >= 0.3 is 11.8 Å². The summed E-state index contributed by atoms with van der Waals surface area (Å²) in [5.41, 5.74) is 6.04. The minimum atomic E-state index is -0.826. The first kappa shape index (κ1) is 20.0. The first-order chi connectivity index (χ1) is 13.0. The van der Waals surface area contributed by atoms with Crippen molar-refractivity contribution in [3.05, 3.63) is 59.9 Å². The van der Waals surface area contributed by atoms with Crippen LogP contribution in [0.2, 0.25) is 0 Å². The van der Waals surface area contributed by atoms with E-state index in [1.165, 1.54) is 12.3 Å². The lowest BCUT2D eigenvalue weighted by Gasteiger charge is -2.10. The van der Waals surface area contributed by atoms with Gasteiger partial charge in [0.25, 0.3) is 0 Å². The van der Waals surface area contributed by atoms with E-state index in [4.69, 9.17) is 4.74 Å². The van der Waals surface area contributed by atoms with E-state index in [9.17, 15) is 9.59 Å². The van der Waals surface area contributed by atoms with E-state index in [-0.39, 0.29) is 6.54 Å². The molecule has 0 bridgehead atoms. The molecule has 1 heterocycles. The predicted molar refractivity (Wildman–Crippen MR) is 105 cm³/mol. The molecule has 2 rings (SSSR count). The normalized spacial score (nSPS) is 10.6. The summed E-state index contributed by atoms with van der Waals surface area (Å²) in [6, 6.07) is 9.77. The molecule has 1 aromatic heterocycles. The number of carbonyl (C=O) groups is 2. The highest BCUT2D eigenvalue weighted by molar-refractivity contribution is 6.35. The molecule has 0 saturated carbocycles. The number of aryl methyl sites for hydroxylation is 1. The van der Waals surface area contributed by atoms with Crippen LogP contribution in [-0.2, 0) is 9.59 Å². The van der Waals surface area contributed by atoms with Gasteiger partial charge in [0.1, 0.15) is 5.75 Å². The van der Waals surface area contributed by atoms with E-state index in [1.54, 1.807) is 0 Å². The maximum Gasteiger partial charge on any atom is 0.329 e. The molecule has 2 aromatic rings. The van der Waals surface area contributed by atoms with Gasteiger partial charge in [0.05, 0.1) is 12.8 Å². The van der Waals surface area contributed by atoms with Gasteiger partial charge in [-0.15, -0.1) is 6.58 Å². The summed E-state index contributed by atoms with van der Waals surface area (Å²) in [4.78, 5) is 23.1. The van der Waals surface area contributed by atoms with Gasteiger partial charge in [0, 0.05) is 29.2 Å². The lowest BCUT2D eigenvalue weighted by molar-refractivity contribution is -0.139. The van der Waals surface area contributed by atoms with Crippen LogP contribution in [0.3, 0.4) is 0 Å². The third-order valence-corrected chi connectivity index (χ3v) is 3.86. The molecule has 0 aliphatic heterocycles. The highest BCUT2D eigenvalue weighted by Crippen LogP contribution is 2.22. The van der Waals surface area contributed by atoms with Crippen LogP contribution >= 0.6 is 0 Å². The second-order valence-electron chi connectivity index (χ2n) is 5.79. The van der Waals surface area contributed by atoms with E-state index >= 15 is 0 Å².